The maximum atomic E-state index is 11.7. The van der Waals surface area contributed by atoms with E-state index in [4.69, 9.17) is 0 Å². The SMILES string of the molecule is C=CC(=O)CC1C=C(c2ncnc3[nH]cc(-c4ccsc4)c23)CCC1. The topological polar surface area (TPSA) is 58.6 Å². The van der Waals surface area contributed by atoms with Crippen molar-refractivity contribution < 1.29 is 4.79 Å². The number of H-pyrrole nitrogens is 1. The number of hydrogen-bond donors (Lipinski definition) is 1. The molecule has 1 atom stereocenters. The van der Waals surface area contributed by atoms with Crippen molar-refractivity contribution in [1.29, 1.82) is 0 Å². The number of rotatable bonds is 5. The maximum absolute atomic E-state index is 11.7. The minimum atomic E-state index is 0.107. The number of nitrogens with one attached hydrogen (secondary N) is 1. The first kappa shape index (κ1) is 16.0. The Bertz CT molecular complexity index is 953. The van der Waals surface area contributed by atoms with Crippen molar-refractivity contribution in [1.82, 2.24) is 15.0 Å². The molecule has 0 spiro atoms. The summed E-state index contributed by atoms with van der Waals surface area (Å²) in [6.45, 7) is 3.58. The van der Waals surface area contributed by atoms with Crippen LogP contribution < -0.4 is 0 Å². The molecular weight excluding hydrogens is 330 g/mol. The smallest absolute Gasteiger partial charge is 0.155 e. The minimum absolute atomic E-state index is 0.107. The van der Waals surface area contributed by atoms with Gasteiger partial charge in [-0.2, -0.15) is 11.3 Å². The summed E-state index contributed by atoms with van der Waals surface area (Å²) in [5, 5.41) is 5.29. The molecule has 1 unspecified atom stereocenters. The molecule has 0 aromatic carbocycles. The van der Waals surface area contributed by atoms with Crippen LogP contribution in [0, 0.1) is 5.92 Å². The Labute approximate surface area is 150 Å². The lowest BCUT2D eigenvalue weighted by Gasteiger charge is -2.20. The highest BCUT2D eigenvalue weighted by molar-refractivity contribution is 7.08. The normalized spacial score (nSPS) is 17.4. The van der Waals surface area contributed by atoms with Crippen molar-refractivity contribution in [2.24, 2.45) is 5.92 Å². The van der Waals surface area contributed by atoms with E-state index < -0.39 is 0 Å². The molecule has 1 aliphatic carbocycles. The van der Waals surface area contributed by atoms with Gasteiger partial charge in [0.15, 0.2) is 5.78 Å². The van der Waals surface area contributed by atoms with Crippen LogP contribution >= 0.6 is 11.3 Å². The summed E-state index contributed by atoms with van der Waals surface area (Å²) in [6, 6.07) is 2.12. The monoisotopic (exact) mass is 349 g/mol. The molecule has 0 saturated heterocycles. The molecule has 4 nitrogen and oxygen atoms in total. The third-order valence-electron chi connectivity index (χ3n) is 4.76. The number of allylic oxidation sites excluding steroid dienone is 3. The van der Waals surface area contributed by atoms with Crippen LogP contribution in [-0.2, 0) is 4.79 Å². The number of carbonyl (C=O) groups excluding carboxylic acids is 1. The molecule has 0 aliphatic heterocycles. The van der Waals surface area contributed by atoms with E-state index in [0.717, 1.165) is 41.6 Å². The Morgan fingerprint density at radius 2 is 2.36 bits per heavy atom. The second-order valence-corrected chi connectivity index (χ2v) is 7.16. The standard InChI is InChI=1S/C20H19N3OS/c1-2-16(24)9-13-4-3-5-14(8-13)19-18-17(15-6-7-25-11-15)10-21-20(18)23-12-22-19/h2,6-8,10-13H,1,3-5,9H2,(H,21,22,23). The molecule has 1 N–H and O–H groups in total. The molecule has 0 bridgehead atoms. The van der Waals surface area contributed by atoms with Gasteiger partial charge in [-0.1, -0.05) is 12.7 Å². The number of nitrogens with zero attached hydrogens (tertiary/aromatic N) is 2. The van der Waals surface area contributed by atoms with Crippen molar-refractivity contribution >= 4 is 33.7 Å². The Kier molecular flexibility index (Phi) is 4.32. The summed E-state index contributed by atoms with van der Waals surface area (Å²) < 4.78 is 0. The van der Waals surface area contributed by atoms with Crippen molar-refractivity contribution in [3.63, 3.8) is 0 Å². The Morgan fingerprint density at radius 1 is 1.44 bits per heavy atom. The minimum Gasteiger partial charge on any atom is -0.345 e. The summed E-state index contributed by atoms with van der Waals surface area (Å²) >= 11 is 1.68. The van der Waals surface area contributed by atoms with Gasteiger partial charge in [0.1, 0.15) is 12.0 Å². The summed E-state index contributed by atoms with van der Waals surface area (Å²) in [7, 11) is 0. The van der Waals surface area contributed by atoms with E-state index in [9.17, 15) is 4.79 Å². The number of hydrogen-bond acceptors (Lipinski definition) is 4. The van der Waals surface area contributed by atoms with E-state index >= 15 is 0 Å². The van der Waals surface area contributed by atoms with Crippen LogP contribution in [0.4, 0.5) is 0 Å². The van der Waals surface area contributed by atoms with Crippen LogP contribution in [-0.4, -0.2) is 20.7 Å². The van der Waals surface area contributed by atoms with Crippen molar-refractivity contribution in [3.8, 4) is 11.1 Å². The molecule has 4 rings (SSSR count). The molecule has 0 radical (unpaired) electrons. The largest absolute Gasteiger partial charge is 0.345 e. The van der Waals surface area contributed by atoms with Gasteiger partial charge in [-0.25, -0.2) is 9.97 Å². The molecule has 5 heteroatoms. The zero-order valence-corrected chi connectivity index (χ0v) is 14.7. The maximum Gasteiger partial charge on any atom is 0.155 e. The van der Waals surface area contributed by atoms with Crippen LogP contribution in [0.25, 0.3) is 27.7 Å². The second kappa shape index (κ2) is 6.76. The molecule has 25 heavy (non-hydrogen) atoms. The summed E-state index contributed by atoms with van der Waals surface area (Å²) in [5.74, 6) is 0.374. The zero-order valence-electron chi connectivity index (χ0n) is 13.9. The van der Waals surface area contributed by atoms with Crippen LogP contribution in [0.15, 0.2) is 48.1 Å². The van der Waals surface area contributed by atoms with Gasteiger partial charge in [0.05, 0.1) is 11.1 Å². The van der Waals surface area contributed by atoms with Crippen LogP contribution in [0.3, 0.4) is 0 Å². The lowest BCUT2D eigenvalue weighted by molar-refractivity contribution is -0.115. The number of ketones is 1. The van der Waals surface area contributed by atoms with E-state index in [1.54, 1.807) is 17.7 Å². The number of carbonyl (C=O) groups is 1. The first-order valence-corrected chi connectivity index (χ1v) is 9.41. The van der Waals surface area contributed by atoms with E-state index in [1.807, 2.05) is 6.20 Å². The van der Waals surface area contributed by atoms with Crippen molar-refractivity contribution in [2.75, 3.05) is 0 Å². The molecule has 0 amide bonds. The number of aromatic nitrogens is 3. The van der Waals surface area contributed by atoms with Gasteiger partial charge in [0.25, 0.3) is 0 Å². The Morgan fingerprint density at radius 3 is 3.16 bits per heavy atom. The van der Waals surface area contributed by atoms with Gasteiger partial charge in [0.2, 0.25) is 0 Å². The summed E-state index contributed by atoms with van der Waals surface area (Å²) in [4.78, 5) is 24.0. The van der Waals surface area contributed by atoms with Crippen molar-refractivity contribution in [2.45, 2.75) is 25.7 Å². The van der Waals surface area contributed by atoms with Crippen molar-refractivity contribution in [3.05, 3.63) is 53.8 Å². The molecule has 3 aromatic heterocycles. The second-order valence-electron chi connectivity index (χ2n) is 6.38. The van der Waals surface area contributed by atoms with E-state index in [-0.39, 0.29) is 11.7 Å². The Hall–Kier alpha value is -2.53. The van der Waals surface area contributed by atoms with Gasteiger partial charge in [-0.15, -0.1) is 0 Å². The fraction of sp³-hybridized carbons (Fsp3) is 0.250. The van der Waals surface area contributed by atoms with Gasteiger partial charge in [-0.3, -0.25) is 4.79 Å². The van der Waals surface area contributed by atoms with Crippen LogP contribution in [0.1, 0.15) is 31.4 Å². The van der Waals surface area contributed by atoms with Gasteiger partial charge < -0.3 is 4.98 Å². The molecule has 0 saturated carbocycles. The molecule has 126 valence electrons. The highest BCUT2D eigenvalue weighted by atomic mass is 32.1. The van der Waals surface area contributed by atoms with Crippen LogP contribution in [0.5, 0.6) is 0 Å². The average Bonchev–Trinajstić information content (AvgIpc) is 3.30. The van der Waals surface area contributed by atoms with E-state index in [1.165, 1.54) is 17.2 Å². The number of fused-ring (bicyclic) bond motifs is 1. The molecule has 3 heterocycles. The summed E-state index contributed by atoms with van der Waals surface area (Å²) in [5.41, 5.74) is 5.38. The molecule has 1 aliphatic rings. The highest BCUT2D eigenvalue weighted by Gasteiger charge is 2.21. The Balaban J connectivity index is 1.79. The predicted molar refractivity (Wildman–Crippen MR) is 102 cm³/mol. The lowest BCUT2D eigenvalue weighted by Crippen LogP contribution is -2.09. The zero-order chi connectivity index (χ0) is 17.2. The highest BCUT2D eigenvalue weighted by Crippen LogP contribution is 2.37. The predicted octanol–water partition coefficient (Wildman–Crippen LogP) is 5.02. The molecule has 3 aromatic rings. The lowest BCUT2D eigenvalue weighted by atomic mass is 9.85. The number of thiophene rings is 1. The van der Waals surface area contributed by atoms with E-state index in [0.29, 0.717) is 6.42 Å². The fourth-order valence-electron chi connectivity index (χ4n) is 3.56. The fourth-order valence-corrected chi connectivity index (χ4v) is 4.21. The first-order chi connectivity index (χ1) is 12.3. The van der Waals surface area contributed by atoms with Gasteiger partial charge in [-0.05, 0) is 59.2 Å². The summed E-state index contributed by atoms with van der Waals surface area (Å²) in [6.07, 6.45) is 10.9. The molecule has 0 fully saturated rings. The molecular formula is C20H19N3OS. The first-order valence-electron chi connectivity index (χ1n) is 8.47. The van der Waals surface area contributed by atoms with Gasteiger partial charge >= 0.3 is 0 Å². The van der Waals surface area contributed by atoms with Gasteiger partial charge in [0, 0.05) is 18.2 Å². The average molecular weight is 349 g/mol. The third-order valence-corrected chi connectivity index (χ3v) is 5.44. The van der Waals surface area contributed by atoms with E-state index in [2.05, 4.69) is 44.4 Å². The third kappa shape index (κ3) is 3.07. The van der Waals surface area contributed by atoms with Crippen LogP contribution in [0.2, 0.25) is 0 Å². The quantitative estimate of drug-likeness (QED) is 0.658. The number of aromatic amines is 1.